The molecule has 2 aromatic rings. The lowest BCUT2D eigenvalue weighted by atomic mass is 10.2. The summed E-state index contributed by atoms with van der Waals surface area (Å²) in [6, 6.07) is 14.1. The topological polar surface area (TPSA) is 64.4 Å². The van der Waals surface area contributed by atoms with Crippen LogP contribution in [-0.4, -0.2) is 11.9 Å². The SMILES string of the molecule is C[C@H](N)C(=O)Nc1ccc(OCc2ccc(Cl)cc2)cc1. The smallest absolute Gasteiger partial charge is 0.240 e. The minimum Gasteiger partial charge on any atom is -0.489 e. The number of hydrogen-bond acceptors (Lipinski definition) is 3. The third-order valence-electron chi connectivity index (χ3n) is 2.85. The zero-order valence-corrected chi connectivity index (χ0v) is 12.4. The van der Waals surface area contributed by atoms with Gasteiger partial charge in [-0.15, -0.1) is 0 Å². The maximum absolute atomic E-state index is 11.5. The van der Waals surface area contributed by atoms with Gasteiger partial charge in [0.15, 0.2) is 0 Å². The number of carbonyl (C=O) groups excluding carboxylic acids is 1. The van der Waals surface area contributed by atoms with Gasteiger partial charge in [0, 0.05) is 10.7 Å². The molecule has 0 aliphatic carbocycles. The van der Waals surface area contributed by atoms with Crippen LogP contribution in [-0.2, 0) is 11.4 Å². The molecule has 0 saturated carbocycles. The molecular weight excluding hydrogens is 288 g/mol. The summed E-state index contributed by atoms with van der Waals surface area (Å²) in [5.74, 6) is 0.508. The summed E-state index contributed by atoms with van der Waals surface area (Å²) in [7, 11) is 0. The summed E-state index contributed by atoms with van der Waals surface area (Å²) < 4.78 is 5.66. The highest BCUT2D eigenvalue weighted by atomic mass is 35.5. The third-order valence-corrected chi connectivity index (χ3v) is 3.11. The molecule has 110 valence electrons. The summed E-state index contributed by atoms with van der Waals surface area (Å²) >= 11 is 5.83. The van der Waals surface area contributed by atoms with Crippen molar-refractivity contribution in [2.24, 2.45) is 5.73 Å². The van der Waals surface area contributed by atoms with Gasteiger partial charge < -0.3 is 15.8 Å². The van der Waals surface area contributed by atoms with Crippen molar-refractivity contribution in [1.82, 2.24) is 0 Å². The minimum absolute atomic E-state index is 0.218. The Bertz CT molecular complexity index is 595. The van der Waals surface area contributed by atoms with Crippen molar-refractivity contribution in [1.29, 1.82) is 0 Å². The van der Waals surface area contributed by atoms with Crippen LogP contribution in [0.1, 0.15) is 12.5 Å². The number of anilines is 1. The first-order chi connectivity index (χ1) is 10.0. The number of halogens is 1. The average molecular weight is 305 g/mol. The van der Waals surface area contributed by atoms with Crippen molar-refractivity contribution < 1.29 is 9.53 Å². The van der Waals surface area contributed by atoms with E-state index in [1.165, 1.54) is 0 Å². The second-order valence-corrected chi connectivity index (χ2v) is 5.15. The largest absolute Gasteiger partial charge is 0.489 e. The molecule has 0 heterocycles. The molecule has 4 nitrogen and oxygen atoms in total. The predicted molar refractivity (Wildman–Crippen MR) is 84.5 cm³/mol. The molecule has 21 heavy (non-hydrogen) atoms. The zero-order chi connectivity index (χ0) is 15.2. The highest BCUT2D eigenvalue weighted by Crippen LogP contribution is 2.18. The van der Waals surface area contributed by atoms with Gasteiger partial charge in [-0.25, -0.2) is 0 Å². The van der Waals surface area contributed by atoms with Crippen molar-refractivity contribution in [3.63, 3.8) is 0 Å². The van der Waals surface area contributed by atoms with Crippen LogP contribution in [0, 0.1) is 0 Å². The second-order valence-electron chi connectivity index (χ2n) is 4.72. The fraction of sp³-hybridized carbons (Fsp3) is 0.188. The molecule has 0 aliphatic heterocycles. The third kappa shape index (κ3) is 4.77. The molecule has 0 bridgehead atoms. The minimum atomic E-state index is -0.536. The lowest BCUT2D eigenvalue weighted by molar-refractivity contribution is -0.117. The van der Waals surface area contributed by atoms with Crippen LogP contribution in [0.2, 0.25) is 5.02 Å². The highest BCUT2D eigenvalue weighted by Gasteiger charge is 2.07. The number of rotatable bonds is 5. The fourth-order valence-corrected chi connectivity index (χ4v) is 1.76. The van der Waals surface area contributed by atoms with Gasteiger partial charge >= 0.3 is 0 Å². The molecule has 0 aliphatic rings. The molecule has 2 rings (SSSR count). The Morgan fingerprint density at radius 1 is 1.19 bits per heavy atom. The first-order valence-electron chi connectivity index (χ1n) is 6.58. The van der Waals surface area contributed by atoms with E-state index in [0.717, 1.165) is 11.3 Å². The van der Waals surface area contributed by atoms with E-state index in [2.05, 4.69) is 5.32 Å². The first-order valence-corrected chi connectivity index (χ1v) is 6.96. The molecule has 0 unspecified atom stereocenters. The molecule has 3 N–H and O–H groups in total. The van der Waals surface area contributed by atoms with Crippen LogP contribution in [0.25, 0.3) is 0 Å². The van der Waals surface area contributed by atoms with Crippen LogP contribution in [0.4, 0.5) is 5.69 Å². The first kappa shape index (κ1) is 15.4. The van der Waals surface area contributed by atoms with E-state index < -0.39 is 6.04 Å². The maximum Gasteiger partial charge on any atom is 0.240 e. The number of nitrogens with one attached hydrogen (secondary N) is 1. The van der Waals surface area contributed by atoms with Crippen molar-refractivity contribution in [3.8, 4) is 5.75 Å². The van der Waals surface area contributed by atoms with E-state index in [-0.39, 0.29) is 5.91 Å². The van der Waals surface area contributed by atoms with Crippen LogP contribution in [0.5, 0.6) is 5.75 Å². The van der Waals surface area contributed by atoms with E-state index in [1.807, 2.05) is 24.3 Å². The van der Waals surface area contributed by atoms with E-state index in [9.17, 15) is 4.79 Å². The Labute approximate surface area is 128 Å². The van der Waals surface area contributed by atoms with Gasteiger partial charge in [-0.1, -0.05) is 23.7 Å². The number of amides is 1. The number of hydrogen-bond donors (Lipinski definition) is 2. The standard InChI is InChI=1S/C16H17ClN2O2/c1-11(18)16(20)19-14-6-8-15(9-7-14)21-10-12-2-4-13(17)5-3-12/h2-9,11H,10,18H2,1H3,(H,19,20)/t11-/m0/s1. The Morgan fingerprint density at radius 3 is 2.38 bits per heavy atom. The number of nitrogens with two attached hydrogens (primary N) is 1. The molecule has 1 atom stereocenters. The van der Waals surface area contributed by atoms with Gasteiger partial charge in [-0.2, -0.15) is 0 Å². The summed E-state index contributed by atoms with van der Waals surface area (Å²) in [5, 5.41) is 3.42. The highest BCUT2D eigenvalue weighted by molar-refractivity contribution is 6.30. The van der Waals surface area contributed by atoms with E-state index in [1.54, 1.807) is 31.2 Å². The molecule has 0 radical (unpaired) electrons. The molecule has 1 amide bonds. The number of benzene rings is 2. The van der Waals surface area contributed by atoms with Crippen LogP contribution < -0.4 is 15.8 Å². The van der Waals surface area contributed by atoms with Gasteiger partial charge in [-0.3, -0.25) is 4.79 Å². The molecule has 0 fully saturated rings. The van der Waals surface area contributed by atoms with E-state index in [4.69, 9.17) is 22.1 Å². The quantitative estimate of drug-likeness (QED) is 0.891. The summed E-state index contributed by atoms with van der Waals surface area (Å²) in [5.41, 5.74) is 7.22. The summed E-state index contributed by atoms with van der Waals surface area (Å²) in [6.45, 7) is 2.10. The van der Waals surface area contributed by atoms with Gasteiger partial charge in [-0.05, 0) is 48.9 Å². The predicted octanol–water partition coefficient (Wildman–Crippen LogP) is 3.20. The van der Waals surface area contributed by atoms with Crippen LogP contribution >= 0.6 is 11.6 Å². The van der Waals surface area contributed by atoms with Gasteiger partial charge in [0.05, 0.1) is 6.04 Å². The monoisotopic (exact) mass is 304 g/mol. The van der Waals surface area contributed by atoms with Crippen LogP contribution in [0.3, 0.4) is 0 Å². The number of carbonyl (C=O) groups is 1. The van der Waals surface area contributed by atoms with Gasteiger partial charge in [0.1, 0.15) is 12.4 Å². The molecule has 0 spiro atoms. The maximum atomic E-state index is 11.5. The summed E-state index contributed by atoms with van der Waals surface area (Å²) in [4.78, 5) is 11.5. The Hall–Kier alpha value is -2.04. The second kappa shape index (κ2) is 7.11. The lowest BCUT2D eigenvalue weighted by Crippen LogP contribution is -2.32. The van der Waals surface area contributed by atoms with Gasteiger partial charge in [0.25, 0.3) is 0 Å². The normalized spacial score (nSPS) is 11.8. The van der Waals surface area contributed by atoms with Crippen molar-refractivity contribution in [3.05, 3.63) is 59.1 Å². The Kier molecular flexibility index (Phi) is 5.20. The van der Waals surface area contributed by atoms with Crippen molar-refractivity contribution >= 4 is 23.2 Å². The lowest BCUT2D eigenvalue weighted by Gasteiger charge is -2.09. The molecule has 0 saturated heterocycles. The zero-order valence-electron chi connectivity index (χ0n) is 11.7. The van der Waals surface area contributed by atoms with E-state index in [0.29, 0.717) is 17.3 Å². The van der Waals surface area contributed by atoms with Crippen molar-refractivity contribution in [2.45, 2.75) is 19.6 Å². The molecule has 2 aromatic carbocycles. The van der Waals surface area contributed by atoms with E-state index >= 15 is 0 Å². The van der Waals surface area contributed by atoms with Crippen molar-refractivity contribution in [2.75, 3.05) is 5.32 Å². The molecule has 0 aromatic heterocycles. The summed E-state index contributed by atoms with van der Waals surface area (Å²) in [6.07, 6.45) is 0. The molecule has 5 heteroatoms. The van der Waals surface area contributed by atoms with Crippen LogP contribution in [0.15, 0.2) is 48.5 Å². The fourth-order valence-electron chi connectivity index (χ4n) is 1.64. The number of ether oxygens (including phenoxy) is 1. The van der Waals surface area contributed by atoms with Gasteiger partial charge in [0.2, 0.25) is 5.91 Å². The molecular formula is C16H17ClN2O2. The average Bonchev–Trinajstić information content (AvgIpc) is 2.48. The Balaban J connectivity index is 1.90. The Morgan fingerprint density at radius 2 is 1.81 bits per heavy atom.